The molecule has 0 saturated heterocycles. The van der Waals surface area contributed by atoms with Gasteiger partial charge in [0.1, 0.15) is 15.8 Å². The zero-order valence-corrected chi connectivity index (χ0v) is 16.2. The molecule has 0 aliphatic rings. The van der Waals surface area contributed by atoms with Gasteiger partial charge in [0.2, 0.25) is 5.95 Å². The maximum Gasteiger partial charge on any atom is 0.237 e. The third-order valence-electron chi connectivity index (χ3n) is 3.77. The van der Waals surface area contributed by atoms with Crippen molar-refractivity contribution in [2.45, 2.75) is 25.9 Å². The van der Waals surface area contributed by atoms with E-state index >= 15 is 0 Å². The third-order valence-corrected chi connectivity index (χ3v) is 4.45. The molecule has 26 heavy (non-hydrogen) atoms. The summed E-state index contributed by atoms with van der Waals surface area (Å²) in [5.41, 5.74) is 13.1. The number of hydrogen-bond acceptors (Lipinski definition) is 6. The molecule has 6 N–H and O–H groups in total. The van der Waals surface area contributed by atoms with Crippen molar-refractivity contribution in [3.05, 3.63) is 39.8 Å². The number of pyridine rings is 1. The molecule has 2 rings (SSSR count). The van der Waals surface area contributed by atoms with Crippen LogP contribution in [0.1, 0.15) is 25.5 Å². The van der Waals surface area contributed by atoms with Crippen LogP contribution >= 0.6 is 23.2 Å². The van der Waals surface area contributed by atoms with E-state index in [0.717, 1.165) is 5.56 Å². The fraction of sp³-hybridized carbons (Fsp3) is 0.353. The Labute approximate surface area is 162 Å². The number of nitrogens with two attached hydrogens (primary N) is 2. The Morgan fingerprint density at radius 3 is 2.58 bits per heavy atom. The Hall–Kier alpha value is -1.80. The zero-order chi connectivity index (χ0) is 19.4. The summed E-state index contributed by atoms with van der Waals surface area (Å²) in [7, 11) is 1.82. The maximum absolute atomic E-state index is 14.1. The first-order valence-electron chi connectivity index (χ1n) is 8.03. The van der Waals surface area contributed by atoms with Gasteiger partial charge in [0.15, 0.2) is 11.6 Å². The molecular weight excluding hydrogens is 380 g/mol. The van der Waals surface area contributed by atoms with Crippen LogP contribution in [0.4, 0.5) is 15.9 Å². The van der Waals surface area contributed by atoms with Gasteiger partial charge in [-0.2, -0.15) is 9.37 Å². The molecule has 142 valence electrons. The molecule has 0 fully saturated rings. The Morgan fingerprint density at radius 2 is 1.96 bits per heavy atom. The van der Waals surface area contributed by atoms with Gasteiger partial charge in [0, 0.05) is 24.3 Å². The first-order chi connectivity index (χ1) is 12.2. The van der Waals surface area contributed by atoms with Crippen LogP contribution in [0.5, 0.6) is 11.5 Å². The lowest BCUT2D eigenvalue weighted by atomic mass is 10.1. The van der Waals surface area contributed by atoms with Crippen LogP contribution in [0.25, 0.3) is 0 Å². The average Bonchev–Trinajstić information content (AvgIpc) is 2.61. The van der Waals surface area contributed by atoms with Gasteiger partial charge >= 0.3 is 0 Å². The molecule has 0 bridgehead atoms. The summed E-state index contributed by atoms with van der Waals surface area (Å²) in [5.74, 6) is -0.387. The maximum atomic E-state index is 14.1. The van der Waals surface area contributed by atoms with E-state index in [2.05, 4.69) is 15.6 Å². The summed E-state index contributed by atoms with van der Waals surface area (Å²) >= 11 is 12.3. The van der Waals surface area contributed by atoms with E-state index in [9.17, 15) is 4.39 Å². The lowest BCUT2D eigenvalue weighted by Gasteiger charge is -2.17. The van der Waals surface area contributed by atoms with Crippen LogP contribution in [0.3, 0.4) is 0 Å². The van der Waals surface area contributed by atoms with Crippen molar-refractivity contribution in [2.24, 2.45) is 5.73 Å². The van der Waals surface area contributed by atoms with Crippen molar-refractivity contribution in [3.63, 3.8) is 0 Å². The van der Waals surface area contributed by atoms with E-state index in [1.165, 1.54) is 0 Å². The number of ether oxygens (including phenoxy) is 1. The molecular formula is C17H22Cl2FN5O. The normalized spacial score (nSPS) is 13.3. The lowest BCUT2D eigenvalue weighted by molar-refractivity contribution is 0.471. The van der Waals surface area contributed by atoms with Crippen LogP contribution in [0.2, 0.25) is 10.0 Å². The Kier molecular flexibility index (Phi) is 6.88. The van der Waals surface area contributed by atoms with Crippen molar-refractivity contribution in [3.8, 4) is 11.5 Å². The number of halogens is 3. The van der Waals surface area contributed by atoms with Gasteiger partial charge in [-0.05, 0) is 44.7 Å². The van der Waals surface area contributed by atoms with Gasteiger partial charge < -0.3 is 26.8 Å². The predicted octanol–water partition coefficient (Wildman–Crippen LogP) is 3.94. The fourth-order valence-electron chi connectivity index (χ4n) is 2.22. The molecule has 0 aliphatic heterocycles. The molecule has 2 atom stereocenters. The van der Waals surface area contributed by atoms with Crippen molar-refractivity contribution >= 4 is 34.7 Å². The molecule has 0 spiro atoms. The van der Waals surface area contributed by atoms with Crippen LogP contribution in [-0.2, 0) is 0 Å². The van der Waals surface area contributed by atoms with Gasteiger partial charge in [-0.15, -0.1) is 0 Å². The quantitative estimate of drug-likeness (QED) is 0.414. The molecule has 1 heterocycles. The summed E-state index contributed by atoms with van der Waals surface area (Å²) in [6, 6.07) is 4.94. The number of nitrogen functional groups attached to an aromatic ring is 1. The summed E-state index contributed by atoms with van der Waals surface area (Å²) in [4.78, 5) is 3.71. The van der Waals surface area contributed by atoms with E-state index in [-0.39, 0.29) is 33.7 Å². The number of nitrogens with zero attached hydrogens (tertiary/aromatic N) is 1. The number of aromatic nitrogens is 1. The fourth-order valence-corrected chi connectivity index (χ4v) is 2.69. The summed E-state index contributed by atoms with van der Waals surface area (Å²) in [6.45, 7) is 4.11. The number of rotatable bonds is 7. The van der Waals surface area contributed by atoms with Gasteiger partial charge in [0.05, 0.1) is 0 Å². The van der Waals surface area contributed by atoms with Crippen LogP contribution in [0, 0.1) is 5.95 Å². The molecule has 0 aliphatic carbocycles. The van der Waals surface area contributed by atoms with E-state index < -0.39 is 5.95 Å². The first kappa shape index (κ1) is 20.5. The average molecular weight is 402 g/mol. The Balaban J connectivity index is 2.40. The minimum atomic E-state index is -0.891. The SMILES string of the molecule is CNC(C)c1cc(Oc2c(Cl)c(F)nc(NCC(C)N)c2Cl)ccc1N. The van der Waals surface area contributed by atoms with Gasteiger partial charge in [-0.25, -0.2) is 0 Å². The van der Waals surface area contributed by atoms with Crippen LogP contribution < -0.4 is 26.8 Å². The van der Waals surface area contributed by atoms with Gasteiger partial charge in [0.25, 0.3) is 0 Å². The topological polar surface area (TPSA) is 98.2 Å². The van der Waals surface area contributed by atoms with Crippen LogP contribution in [0.15, 0.2) is 18.2 Å². The number of nitrogens with one attached hydrogen (secondary N) is 2. The molecule has 1 aromatic heterocycles. The van der Waals surface area contributed by atoms with E-state index in [1.807, 2.05) is 14.0 Å². The second-order valence-electron chi connectivity index (χ2n) is 5.97. The highest BCUT2D eigenvalue weighted by atomic mass is 35.5. The predicted molar refractivity (Wildman–Crippen MR) is 105 cm³/mol. The number of hydrogen-bond donors (Lipinski definition) is 4. The minimum Gasteiger partial charge on any atom is -0.454 e. The smallest absolute Gasteiger partial charge is 0.237 e. The molecule has 0 amide bonds. The molecule has 1 aromatic carbocycles. The van der Waals surface area contributed by atoms with E-state index in [4.69, 9.17) is 39.4 Å². The van der Waals surface area contributed by atoms with Crippen molar-refractivity contribution in [2.75, 3.05) is 24.6 Å². The molecule has 0 saturated carbocycles. The highest BCUT2D eigenvalue weighted by molar-refractivity contribution is 6.38. The van der Waals surface area contributed by atoms with Crippen molar-refractivity contribution in [1.82, 2.24) is 10.3 Å². The van der Waals surface area contributed by atoms with Crippen molar-refractivity contribution in [1.29, 1.82) is 0 Å². The molecule has 2 aromatic rings. The highest BCUT2D eigenvalue weighted by Gasteiger charge is 2.20. The summed E-state index contributed by atoms with van der Waals surface area (Å²) < 4.78 is 19.9. The summed E-state index contributed by atoms with van der Waals surface area (Å²) in [6.07, 6.45) is 0. The van der Waals surface area contributed by atoms with Gasteiger partial charge in [-0.3, -0.25) is 0 Å². The van der Waals surface area contributed by atoms with E-state index in [1.54, 1.807) is 25.1 Å². The molecule has 0 radical (unpaired) electrons. The standard InChI is InChI=1S/C17H22Cl2FN5O/c1-8(21)7-24-17-14(19)15(13(18)16(20)25-17)26-10-4-5-12(22)11(6-10)9(2)23-3/h4-6,8-9,23H,7,21-22H2,1-3H3,(H,24,25). The minimum absolute atomic E-state index is 0.00180. The second-order valence-corrected chi connectivity index (χ2v) is 6.73. The Bertz CT molecular complexity index is 788. The van der Waals surface area contributed by atoms with Crippen LogP contribution in [-0.4, -0.2) is 24.6 Å². The zero-order valence-electron chi connectivity index (χ0n) is 14.7. The molecule has 6 nitrogen and oxygen atoms in total. The first-order valence-corrected chi connectivity index (χ1v) is 8.78. The second kappa shape index (κ2) is 8.73. The van der Waals surface area contributed by atoms with E-state index in [0.29, 0.717) is 18.0 Å². The highest BCUT2D eigenvalue weighted by Crippen LogP contribution is 2.41. The van der Waals surface area contributed by atoms with Gasteiger partial charge in [-0.1, -0.05) is 23.2 Å². The monoisotopic (exact) mass is 401 g/mol. The van der Waals surface area contributed by atoms with Crippen molar-refractivity contribution < 1.29 is 9.13 Å². The summed E-state index contributed by atoms with van der Waals surface area (Å²) in [5, 5.41) is 5.74. The molecule has 9 heteroatoms. The molecule has 2 unspecified atom stereocenters. The largest absolute Gasteiger partial charge is 0.454 e. The number of benzene rings is 1. The number of anilines is 2. The third kappa shape index (κ3) is 4.67. The Morgan fingerprint density at radius 1 is 1.27 bits per heavy atom. The lowest BCUT2D eigenvalue weighted by Crippen LogP contribution is -2.25.